The lowest BCUT2D eigenvalue weighted by Gasteiger charge is -2.10. The number of aromatic nitrogens is 2. The molecule has 1 fully saturated rings. The van der Waals surface area contributed by atoms with Crippen molar-refractivity contribution < 1.29 is 9.26 Å². The van der Waals surface area contributed by atoms with Gasteiger partial charge in [-0.15, -0.1) is 11.8 Å². The molecule has 0 radical (unpaired) electrons. The molecule has 1 aliphatic rings. The average Bonchev–Trinajstić information content (AvgIpc) is 2.89. The standard InChI is InChI=1S/C11H18N2O2S/c1-8(11-12-9(2)13-15-11)16-7-5-10-4-3-6-14-10/h8,10H,3-7H2,1-2H3/t8-,10-/m1/s1. The number of aryl methyl sites for hydroxylation is 1. The topological polar surface area (TPSA) is 48.2 Å². The van der Waals surface area contributed by atoms with E-state index in [2.05, 4.69) is 17.1 Å². The first-order chi connectivity index (χ1) is 7.75. The Morgan fingerprint density at radius 1 is 1.56 bits per heavy atom. The highest BCUT2D eigenvalue weighted by atomic mass is 32.2. The van der Waals surface area contributed by atoms with Crippen LogP contribution in [-0.4, -0.2) is 28.6 Å². The van der Waals surface area contributed by atoms with Crippen LogP contribution in [0, 0.1) is 6.92 Å². The maximum absolute atomic E-state index is 5.58. The summed E-state index contributed by atoms with van der Waals surface area (Å²) in [5.74, 6) is 2.53. The minimum Gasteiger partial charge on any atom is -0.378 e. The second kappa shape index (κ2) is 5.68. The van der Waals surface area contributed by atoms with Gasteiger partial charge in [0.2, 0.25) is 5.89 Å². The van der Waals surface area contributed by atoms with E-state index in [0.717, 1.165) is 24.7 Å². The lowest BCUT2D eigenvalue weighted by molar-refractivity contribution is 0.109. The van der Waals surface area contributed by atoms with Crippen LogP contribution in [0.15, 0.2) is 4.52 Å². The van der Waals surface area contributed by atoms with E-state index in [-0.39, 0.29) is 5.25 Å². The fourth-order valence-corrected chi connectivity index (χ4v) is 2.79. The zero-order chi connectivity index (χ0) is 11.4. The second-order valence-electron chi connectivity index (χ2n) is 4.12. The van der Waals surface area contributed by atoms with E-state index in [0.29, 0.717) is 11.9 Å². The Kier molecular flexibility index (Phi) is 4.23. The van der Waals surface area contributed by atoms with Gasteiger partial charge in [-0.1, -0.05) is 5.16 Å². The molecule has 0 spiro atoms. The molecular weight excluding hydrogens is 224 g/mol. The van der Waals surface area contributed by atoms with Gasteiger partial charge in [0, 0.05) is 6.61 Å². The lowest BCUT2D eigenvalue weighted by atomic mass is 10.2. The minimum atomic E-state index is 0.280. The fraction of sp³-hybridized carbons (Fsp3) is 0.818. The van der Waals surface area contributed by atoms with Crippen molar-refractivity contribution in [3.8, 4) is 0 Å². The Hall–Kier alpha value is -0.550. The van der Waals surface area contributed by atoms with Crippen LogP contribution in [0.1, 0.15) is 43.2 Å². The molecule has 1 aromatic rings. The number of rotatable bonds is 5. The average molecular weight is 242 g/mol. The van der Waals surface area contributed by atoms with E-state index in [1.54, 1.807) is 0 Å². The second-order valence-corrected chi connectivity index (χ2v) is 5.57. The fourth-order valence-electron chi connectivity index (χ4n) is 1.80. The first kappa shape index (κ1) is 11.9. The number of nitrogens with zero attached hydrogens (tertiary/aromatic N) is 2. The molecule has 2 rings (SSSR count). The Labute approximate surface area is 100 Å². The van der Waals surface area contributed by atoms with Crippen molar-refractivity contribution in [3.05, 3.63) is 11.7 Å². The molecule has 16 heavy (non-hydrogen) atoms. The number of hydrogen-bond acceptors (Lipinski definition) is 5. The predicted octanol–water partition coefficient (Wildman–Crippen LogP) is 2.74. The van der Waals surface area contributed by atoms with Crippen molar-refractivity contribution in [3.63, 3.8) is 0 Å². The summed E-state index contributed by atoms with van der Waals surface area (Å²) in [6, 6.07) is 0. The van der Waals surface area contributed by atoms with Gasteiger partial charge in [-0.2, -0.15) is 4.98 Å². The van der Waals surface area contributed by atoms with Crippen molar-refractivity contribution >= 4 is 11.8 Å². The third kappa shape index (κ3) is 3.22. The van der Waals surface area contributed by atoms with Crippen LogP contribution < -0.4 is 0 Å². The lowest BCUT2D eigenvalue weighted by Crippen LogP contribution is -2.06. The number of ether oxygens (including phenoxy) is 1. The smallest absolute Gasteiger partial charge is 0.239 e. The van der Waals surface area contributed by atoms with Crippen LogP contribution in [0.4, 0.5) is 0 Å². The maximum Gasteiger partial charge on any atom is 0.239 e. The van der Waals surface area contributed by atoms with E-state index in [1.165, 1.54) is 12.8 Å². The van der Waals surface area contributed by atoms with Gasteiger partial charge in [-0.3, -0.25) is 0 Å². The van der Waals surface area contributed by atoms with E-state index in [4.69, 9.17) is 9.26 Å². The summed E-state index contributed by atoms with van der Waals surface area (Å²) in [7, 11) is 0. The Morgan fingerprint density at radius 2 is 2.44 bits per heavy atom. The predicted molar refractivity (Wildman–Crippen MR) is 63.5 cm³/mol. The van der Waals surface area contributed by atoms with Crippen LogP contribution in [0.25, 0.3) is 0 Å². The van der Waals surface area contributed by atoms with Gasteiger partial charge in [0.25, 0.3) is 0 Å². The van der Waals surface area contributed by atoms with Gasteiger partial charge in [0.15, 0.2) is 5.82 Å². The molecule has 2 heterocycles. The van der Waals surface area contributed by atoms with Crippen molar-refractivity contribution in [2.45, 2.75) is 44.5 Å². The van der Waals surface area contributed by atoms with Crippen LogP contribution in [0.5, 0.6) is 0 Å². The summed E-state index contributed by atoms with van der Waals surface area (Å²) >= 11 is 1.85. The van der Waals surface area contributed by atoms with Gasteiger partial charge in [0.05, 0.1) is 11.4 Å². The number of hydrogen-bond donors (Lipinski definition) is 0. The third-order valence-corrected chi connectivity index (χ3v) is 3.90. The van der Waals surface area contributed by atoms with Gasteiger partial charge in [-0.25, -0.2) is 0 Å². The largest absolute Gasteiger partial charge is 0.378 e. The third-order valence-electron chi connectivity index (χ3n) is 2.72. The summed E-state index contributed by atoms with van der Waals surface area (Å²) < 4.78 is 10.7. The Balaban J connectivity index is 1.69. The van der Waals surface area contributed by atoms with E-state index in [1.807, 2.05) is 18.7 Å². The summed E-state index contributed by atoms with van der Waals surface area (Å²) in [5.41, 5.74) is 0. The van der Waals surface area contributed by atoms with Crippen LogP contribution >= 0.6 is 11.8 Å². The van der Waals surface area contributed by atoms with Gasteiger partial charge in [-0.05, 0) is 38.9 Å². The Morgan fingerprint density at radius 3 is 3.06 bits per heavy atom. The van der Waals surface area contributed by atoms with Crippen molar-refractivity contribution in [1.29, 1.82) is 0 Å². The molecule has 1 saturated heterocycles. The molecule has 0 N–H and O–H groups in total. The molecule has 1 aliphatic heterocycles. The van der Waals surface area contributed by atoms with Gasteiger partial charge >= 0.3 is 0 Å². The Bertz CT molecular complexity index is 324. The molecule has 0 unspecified atom stereocenters. The summed E-state index contributed by atoms with van der Waals surface area (Å²) in [6.45, 7) is 4.89. The summed E-state index contributed by atoms with van der Waals surface area (Å²) in [5, 5.41) is 4.08. The van der Waals surface area contributed by atoms with Crippen LogP contribution in [0.2, 0.25) is 0 Å². The molecule has 0 amide bonds. The molecule has 2 atom stereocenters. The highest BCUT2D eigenvalue weighted by molar-refractivity contribution is 7.99. The van der Waals surface area contributed by atoms with Crippen LogP contribution in [-0.2, 0) is 4.74 Å². The molecule has 0 saturated carbocycles. The SMILES string of the molecule is Cc1noc([C@@H](C)SCC[C@H]2CCCO2)n1. The van der Waals surface area contributed by atoms with Gasteiger partial charge in [0.1, 0.15) is 0 Å². The molecule has 0 aromatic carbocycles. The normalized spacial score (nSPS) is 22.5. The van der Waals surface area contributed by atoms with Crippen molar-refractivity contribution in [2.24, 2.45) is 0 Å². The zero-order valence-electron chi connectivity index (χ0n) is 9.81. The monoisotopic (exact) mass is 242 g/mol. The van der Waals surface area contributed by atoms with Crippen molar-refractivity contribution in [2.75, 3.05) is 12.4 Å². The molecule has 5 heteroatoms. The zero-order valence-corrected chi connectivity index (χ0v) is 10.6. The molecular formula is C11H18N2O2S. The highest BCUT2D eigenvalue weighted by Gasteiger charge is 2.17. The maximum atomic E-state index is 5.58. The minimum absolute atomic E-state index is 0.280. The first-order valence-corrected chi connectivity index (χ1v) is 6.84. The first-order valence-electron chi connectivity index (χ1n) is 5.79. The molecule has 1 aromatic heterocycles. The van der Waals surface area contributed by atoms with Crippen LogP contribution in [0.3, 0.4) is 0 Å². The molecule has 0 bridgehead atoms. The quantitative estimate of drug-likeness (QED) is 0.794. The number of thioether (sulfide) groups is 1. The molecule has 0 aliphatic carbocycles. The summed E-state index contributed by atoms with van der Waals surface area (Å²) in [4.78, 5) is 4.23. The van der Waals surface area contributed by atoms with E-state index < -0.39 is 0 Å². The molecule has 90 valence electrons. The highest BCUT2D eigenvalue weighted by Crippen LogP contribution is 2.28. The van der Waals surface area contributed by atoms with E-state index >= 15 is 0 Å². The van der Waals surface area contributed by atoms with Gasteiger partial charge < -0.3 is 9.26 Å². The summed E-state index contributed by atoms with van der Waals surface area (Å²) in [6.07, 6.45) is 4.04. The molecule has 4 nitrogen and oxygen atoms in total. The van der Waals surface area contributed by atoms with E-state index in [9.17, 15) is 0 Å². The van der Waals surface area contributed by atoms with Crippen molar-refractivity contribution in [1.82, 2.24) is 10.1 Å².